The summed E-state index contributed by atoms with van der Waals surface area (Å²) in [7, 11) is 0. The van der Waals surface area contributed by atoms with E-state index in [0.29, 0.717) is 17.9 Å². The number of allylic oxidation sites excluding steroid dienone is 1. The molecule has 130 valence electrons. The van der Waals surface area contributed by atoms with Crippen molar-refractivity contribution >= 4 is 0 Å². The van der Waals surface area contributed by atoms with Crippen LogP contribution in [0.3, 0.4) is 0 Å². The molecule has 0 amide bonds. The summed E-state index contributed by atoms with van der Waals surface area (Å²) in [4.78, 5) is 0. The number of aliphatic hydroxyl groups excluding tert-OH is 1. The maximum atomic E-state index is 10.6. The van der Waals surface area contributed by atoms with Crippen molar-refractivity contribution in [3.05, 3.63) is 12.2 Å². The zero-order valence-electron chi connectivity index (χ0n) is 15.1. The van der Waals surface area contributed by atoms with Crippen molar-refractivity contribution in [1.29, 1.82) is 0 Å². The Labute approximate surface area is 140 Å². The largest absolute Gasteiger partial charge is 0.390 e. The lowest BCUT2D eigenvalue weighted by molar-refractivity contribution is -0.0599. The van der Waals surface area contributed by atoms with Crippen molar-refractivity contribution in [2.24, 2.45) is 17.3 Å². The van der Waals surface area contributed by atoms with Crippen LogP contribution in [0.15, 0.2) is 12.2 Å². The molecule has 2 aliphatic heterocycles. The molecule has 0 aromatic heterocycles. The maximum Gasteiger partial charge on any atom is 0.113 e. The summed E-state index contributed by atoms with van der Waals surface area (Å²) in [5.74, 6) is 1.30. The number of fused-ring (bicyclic) bond motifs is 2. The van der Waals surface area contributed by atoms with Gasteiger partial charge in [0.2, 0.25) is 0 Å². The lowest BCUT2D eigenvalue weighted by Crippen LogP contribution is -2.49. The van der Waals surface area contributed by atoms with Gasteiger partial charge in [-0.15, -0.1) is 0 Å². The quantitative estimate of drug-likeness (QED) is 0.635. The smallest absolute Gasteiger partial charge is 0.113 e. The zero-order valence-corrected chi connectivity index (χ0v) is 15.1. The first-order valence-electron chi connectivity index (χ1n) is 9.36. The van der Waals surface area contributed by atoms with Crippen LogP contribution in [-0.2, 0) is 9.47 Å². The second kappa shape index (κ2) is 4.83. The van der Waals surface area contributed by atoms with Gasteiger partial charge < -0.3 is 14.6 Å². The van der Waals surface area contributed by atoms with Gasteiger partial charge in [-0.2, -0.15) is 0 Å². The van der Waals surface area contributed by atoms with Gasteiger partial charge in [0.1, 0.15) is 6.10 Å². The highest BCUT2D eigenvalue weighted by Crippen LogP contribution is 2.61. The van der Waals surface area contributed by atoms with E-state index in [2.05, 4.69) is 34.3 Å². The molecule has 4 rings (SSSR count). The molecule has 0 bridgehead atoms. The number of epoxide rings is 2. The van der Waals surface area contributed by atoms with Gasteiger partial charge in [0, 0.05) is 0 Å². The van der Waals surface area contributed by atoms with Crippen LogP contribution in [0.1, 0.15) is 66.2 Å². The van der Waals surface area contributed by atoms with Gasteiger partial charge in [-0.25, -0.2) is 0 Å². The highest BCUT2D eigenvalue weighted by Gasteiger charge is 2.59. The van der Waals surface area contributed by atoms with Gasteiger partial charge in [0.15, 0.2) is 0 Å². The summed E-state index contributed by atoms with van der Waals surface area (Å²) in [6, 6.07) is 0. The number of aliphatic hydroxyl groups is 1. The van der Waals surface area contributed by atoms with E-state index in [9.17, 15) is 5.11 Å². The Morgan fingerprint density at radius 1 is 1.22 bits per heavy atom. The number of hydrogen-bond acceptors (Lipinski definition) is 3. The Morgan fingerprint density at radius 3 is 2.57 bits per heavy atom. The van der Waals surface area contributed by atoms with Crippen LogP contribution in [0.5, 0.6) is 0 Å². The van der Waals surface area contributed by atoms with Crippen LogP contribution < -0.4 is 0 Å². The van der Waals surface area contributed by atoms with Crippen molar-refractivity contribution in [3.63, 3.8) is 0 Å². The summed E-state index contributed by atoms with van der Waals surface area (Å²) in [6.45, 7) is 13.2. The molecule has 23 heavy (non-hydrogen) atoms. The Balaban J connectivity index is 1.45. The third-order valence-corrected chi connectivity index (χ3v) is 7.39. The fourth-order valence-electron chi connectivity index (χ4n) is 5.57. The predicted octanol–water partition coefficient (Wildman–Crippen LogP) is 3.84. The molecule has 2 heterocycles. The second-order valence-corrected chi connectivity index (χ2v) is 9.64. The zero-order chi connectivity index (χ0) is 16.6. The third-order valence-electron chi connectivity index (χ3n) is 7.39. The van der Waals surface area contributed by atoms with Crippen LogP contribution in [-0.4, -0.2) is 34.6 Å². The van der Waals surface area contributed by atoms with Crippen molar-refractivity contribution in [1.82, 2.24) is 0 Å². The first kappa shape index (κ1) is 16.1. The van der Waals surface area contributed by atoms with Gasteiger partial charge in [-0.3, -0.25) is 0 Å². The predicted molar refractivity (Wildman–Crippen MR) is 90.2 cm³/mol. The maximum absolute atomic E-state index is 10.6. The molecule has 4 fully saturated rings. The van der Waals surface area contributed by atoms with Crippen molar-refractivity contribution < 1.29 is 14.6 Å². The van der Waals surface area contributed by atoms with E-state index in [0.717, 1.165) is 25.7 Å². The number of hydrogen-bond donors (Lipinski definition) is 1. The first-order valence-corrected chi connectivity index (χ1v) is 9.36. The fraction of sp³-hybridized carbons (Fsp3) is 0.900. The minimum atomic E-state index is -0.336. The summed E-state index contributed by atoms with van der Waals surface area (Å²) in [5, 5.41) is 10.6. The lowest BCUT2D eigenvalue weighted by Gasteiger charge is -2.55. The van der Waals surface area contributed by atoms with E-state index in [1.165, 1.54) is 18.4 Å². The monoisotopic (exact) mass is 320 g/mol. The van der Waals surface area contributed by atoms with E-state index >= 15 is 0 Å². The van der Waals surface area contributed by atoms with Gasteiger partial charge in [-0.1, -0.05) is 19.1 Å². The molecule has 2 saturated heterocycles. The van der Waals surface area contributed by atoms with Crippen LogP contribution in [0, 0.1) is 17.3 Å². The molecule has 1 N–H and O–H groups in total. The lowest BCUT2D eigenvalue weighted by atomic mass is 9.49. The Morgan fingerprint density at radius 2 is 1.91 bits per heavy atom. The van der Waals surface area contributed by atoms with Crippen LogP contribution in [0.2, 0.25) is 0 Å². The van der Waals surface area contributed by atoms with Crippen molar-refractivity contribution in [2.75, 3.05) is 0 Å². The summed E-state index contributed by atoms with van der Waals surface area (Å²) >= 11 is 0. The van der Waals surface area contributed by atoms with E-state index < -0.39 is 0 Å². The highest BCUT2D eigenvalue weighted by molar-refractivity contribution is 5.18. The average molecular weight is 320 g/mol. The Kier molecular flexibility index (Phi) is 3.38. The molecule has 0 aromatic carbocycles. The first-order chi connectivity index (χ1) is 10.6. The minimum Gasteiger partial charge on any atom is -0.390 e. The molecular formula is C20H32O3. The van der Waals surface area contributed by atoms with E-state index in [-0.39, 0.29) is 28.8 Å². The van der Waals surface area contributed by atoms with E-state index in [4.69, 9.17) is 9.47 Å². The number of ether oxygens (including phenoxy) is 2. The van der Waals surface area contributed by atoms with Crippen molar-refractivity contribution in [3.8, 4) is 0 Å². The molecule has 2 saturated carbocycles. The van der Waals surface area contributed by atoms with Crippen LogP contribution in [0.25, 0.3) is 0 Å². The van der Waals surface area contributed by atoms with E-state index in [1.54, 1.807) is 0 Å². The number of rotatable bonds is 3. The fourth-order valence-corrected chi connectivity index (χ4v) is 5.57. The molecule has 3 nitrogen and oxygen atoms in total. The normalized spacial score (nSPS) is 52.1. The summed E-state index contributed by atoms with van der Waals surface area (Å²) < 4.78 is 11.6. The van der Waals surface area contributed by atoms with Gasteiger partial charge in [0.25, 0.3) is 0 Å². The molecule has 0 spiro atoms. The van der Waals surface area contributed by atoms with Crippen LogP contribution in [0.4, 0.5) is 0 Å². The van der Waals surface area contributed by atoms with Crippen LogP contribution >= 0.6 is 0 Å². The molecule has 2 aliphatic carbocycles. The SMILES string of the molecule is C=C1CCC2OC2(C)CCC2C1CC2(C)CC(O)C1OC1(C)C. The van der Waals surface area contributed by atoms with Gasteiger partial charge in [-0.05, 0) is 76.5 Å². The standard InChI is InChI=1S/C20H32O3/c1-12-6-7-16-20(5,22-16)9-8-14-13(12)10-19(14,4)11-15(21)17-18(2,3)23-17/h13-17,21H,1,6-11H2,2-5H3. The molecule has 4 aliphatic rings. The second-order valence-electron chi connectivity index (χ2n) is 9.64. The highest BCUT2D eigenvalue weighted by atomic mass is 16.6. The topological polar surface area (TPSA) is 45.3 Å². The molecule has 7 unspecified atom stereocenters. The Bertz CT molecular complexity index is 527. The van der Waals surface area contributed by atoms with Gasteiger partial charge >= 0.3 is 0 Å². The molecular weight excluding hydrogens is 288 g/mol. The molecule has 3 heteroatoms. The third kappa shape index (κ3) is 2.60. The van der Waals surface area contributed by atoms with Gasteiger partial charge in [0.05, 0.1) is 23.4 Å². The minimum absolute atomic E-state index is 0.0200. The molecule has 0 radical (unpaired) electrons. The van der Waals surface area contributed by atoms with Crippen molar-refractivity contribution in [2.45, 2.75) is 95.7 Å². The Hall–Kier alpha value is -0.380. The molecule has 0 aromatic rings. The van der Waals surface area contributed by atoms with E-state index in [1.807, 2.05) is 0 Å². The average Bonchev–Trinajstić information content (AvgIpc) is 3.29. The molecule has 7 atom stereocenters. The summed E-state index contributed by atoms with van der Waals surface area (Å²) in [5.41, 5.74) is 1.62. The summed E-state index contributed by atoms with van der Waals surface area (Å²) in [6.07, 6.45) is 6.79.